The van der Waals surface area contributed by atoms with E-state index in [2.05, 4.69) is 12.1 Å². The SMILES string of the molecule is COc1cc(OC)cc(C2CCC2CN)c1. The van der Waals surface area contributed by atoms with Gasteiger partial charge in [0.05, 0.1) is 14.2 Å². The third-order valence-electron chi connectivity index (χ3n) is 3.52. The molecule has 0 aromatic heterocycles. The maximum absolute atomic E-state index is 5.74. The Kier molecular flexibility index (Phi) is 3.34. The first-order valence-electron chi connectivity index (χ1n) is 5.71. The molecule has 1 fully saturated rings. The van der Waals surface area contributed by atoms with Gasteiger partial charge >= 0.3 is 0 Å². The number of nitrogens with two attached hydrogens (primary N) is 1. The standard InChI is InChI=1S/C13H19NO2/c1-15-11-5-10(6-12(7-11)16-2)13-4-3-9(13)8-14/h5-7,9,13H,3-4,8,14H2,1-2H3. The number of hydrogen-bond acceptors (Lipinski definition) is 3. The molecule has 2 N–H and O–H groups in total. The summed E-state index contributed by atoms with van der Waals surface area (Å²) in [6, 6.07) is 6.09. The Balaban J connectivity index is 2.25. The molecule has 88 valence electrons. The third kappa shape index (κ3) is 2.00. The highest BCUT2D eigenvalue weighted by molar-refractivity contribution is 5.40. The van der Waals surface area contributed by atoms with Crippen molar-refractivity contribution in [2.75, 3.05) is 20.8 Å². The summed E-state index contributed by atoms with van der Waals surface area (Å²) in [6.45, 7) is 0.768. The van der Waals surface area contributed by atoms with Crippen molar-refractivity contribution in [1.29, 1.82) is 0 Å². The smallest absolute Gasteiger partial charge is 0.122 e. The third-order valence-corrected chi connectivity index (χ3v) is 3.52. The molecular weight excluding hydrogens is 202 g/mol. The number of methoxy groups -OCH3 is 2. The lowest BCUT2D eigenvalue weighted by atomic mass is 9.70. The van der Waals surface area contributed by atoms with E-state index in [9.17, 15) is 0 Å². The van der Waals surface area contributed by atoms with Gasteiger partial charge in [-0.1, -0.05) is 0 Å². The predicted molar refractivity (Wildman–Crippen MR) is 64.1 cm³/mol. The summed E-state index contributed by atoms with van der Waals surface area (Å²) in [4.78, 5) is 0. The van der Waals surface area contributed by atoms with E-state index in [1.54, 1.807) is 14.2 Å². The Morgan fingerprint density at radius 1 is 1.12 bits per heavy atom. The number of rotatable bonds is 4. The van der Waals surface area contributed by atoms with Crippen LogP contribution in [0.4, 0.5) is 0 Å². The van der Waals surface area contributed by atoms with Gasteiger partial charge in [0.2, 0.25) is 0 Å². The van der Waals surface area contributed by atoms with Crippen molar-refractivity contribution >= 4 is 0 Å². The van der Waals surface area contributed by atoms with E-state index in [-0.39, 0.29) is 0 Å². The Hall–Kier alpha value is -1.22. The fourth-order valence-electron chi connectivity index (χ4n) is 2.33. The van der Waals surface area contributed by atoms with E-state index in [1.165, 1.54) is 18.4 Å². The largest absolute Gasteiger partial charge is 0.497 e. The second-order valence-corrected chi connectivity index (χ2v) is 4.33. The van der Waals surface area contributed by atoms with Crippen molar-refractivity contribution in [3.63, 3.8) is 0 Å². The summed E-state index contributed by atoms with van der Waals surface area (Å²) < 4.78 is 10.5. The Labute approximate surface area is 96.5 Å². The molecule has 3 heteroatoms. The molecule has 2 atom stereocenters. The van der Waals surface area contributed by atoms with Gasteiger partial charge in [-0.2, -0.15) is 0 Å². The van der Waals surface area contributed by atoms with Gasteiger partial charge in [-0.25, -0.2) is 0 Å². The molecule has 0 heterocycles. The van der Waals surface area contributed by atoms with Crippen LogP contribution in [-0.4, -0.2) is 20.8 Å². The van der Waals surface area contributed by atoms with E-state index in [0.717, 1.165) is 18.0 Å². The van der Waals surface area contributed by atoms with Crippen LogP contribution in [0.3, 0.4) is 0 Å². The van der Waals surface area contributed by atoms with Crippen LogP contribution in [0.25, 0.3) is 0 Å². The van der Waals surface area contributed by atoms with Gasteiger partial charge < -0.3 is 15.2 Å². The molecule has 1 aromatic rings. The highest BCUT2D eigenvalue weighted by Gasteiger charge is 2.31. The topological polar surface area (TPSA) is 44.5 Å². The molecule has 3 nitrogen and oxygen atoms in total. The van der Waals surface area contributed by atoms with Crippen molar-refractivity contribution in [1.82, 2.24) is 0 Å². The normalized spacial score (nSPS) is 23.7. The summed E-state index contributed by atoms with van der Waals surface area (Å²) in [7, 11) is 3.36. The van der Waals surface area contributed by atoms with Crippen LogP contribution in [0.5, 0.6) is 11.5 Å². The van der Waals surface area contributed by atoms with Crippen LogP contribution >= 0.6 is 0 Å². The first-order valence-corrected chi connectivity index (χ1v) is 5.71. The Morgan fingerprint density at radius 3 is 2.12 bits per heavy atom. The van der Waals surface area contributed by atoms with Crippen LogP contribution in [-0.2, 0) is 0 Å². The minimum absolute atomic E-state index is 0.578. The Morgan fingerprint density at radius 2 is 1.75 bits per heavy atom. The lowest BCUT2D eigenvalue weighted by molar-refractivity contribution is 0.262. The lowest BCUT2D eigenvalue weighted by Crippen LogP contribution is -2.30. The number of ether oxygens (including phenoxy) is 2. The van der Waals surface area contributed by atoms with Gasteiger partial charge in [0.15, 0.2) is 0 Å². The van der Waals surface area contributed by atoms with Crippen molar-refractivity contribution < 1.29 is 9.47 Å². The molecule has 0 radical (unpaired) electrons. The number of benzene rings is 1. The molecule has 2 unspecified atom stereocenters. The average Bonchev–Trinajstić information content (AvgIpc) is 2.27. The fourth-order valence-corrected chi connectivity index (χ4v) is 2.33. The molecular formula is C13H19NO2. The molecule has 1 aromatic carbocycles. The maximum Gasteiger partial charge on any atom is 0.122 e. The monoisotopic (exact) mass is 221 g/mol. The van der Waals surface area contributed by atoms with E-state index in [0.29, 0.717) is 11.8 Å². The van der Waals surface area contributed by atoms with E-state index >= 15 is 0 Å². The molecule has 1 aliphatic rings. The summed E-state index contributed by atoms with van der Waals surface area (Å²) in [5, 5.41) is 0. The van der Waals surface area contributed by atoms with E-state index in [1.807, 2.05) is 6.07 Å². The molecule has 0 bridgehead atoms. The van der Waals surface area contributed by atoms with Gasteiger partial charge in [-0.15, -0.1) is 0 Å². The minimum Gasteiger partial charge on any atom is -0.497 e. The molecule has 2 rings (SSSR count). The molecule has 0 spiro atoms. The zero-order valence-electron chi connectivity index (χ0n) is 9.90. The van der Waals surface area contributed by atoms with E-state index in [4.69, 9.17) is 15.2 Å². The van der Waals surface area contributed by atoms with Crippen molar-refractivity contribution in [3.05, 3.63) is 23.8 Å². The zero-order chi connectivity index (χ0) is 11.5. The molecule has 0 amide bonds. The molecule has 1 aliphatic carbocycles. The first kappa shape index (κ1) is 11.3. The lowest BCUT2D eigenvalue weighted by Gasteiger charge is -2.36. The quantitative estimate of drug-likeness (QED) is 0.847. The van der Waals surface area contributed by atoms with Gasteiger partial charge in [0, 0.05) is 6.07 Å². The molecule has 1 saturated carbocycles. The molecule has 0 saturated heterocycles. The average molecular weight is 221 g/mol. The zero-order valence-corrected chi connectivity index (χ0v) is 9.90. The second-order valence-electron chi connectivity index (χ2n) is 4.33. The summed E-state index contributed by atoms with van der Waals surface area (Å²) in [6.07, 6.45) is 2.46. The van der Waals surface area contributed by atoms with Crippen LogP contribution < -0.4 is 15.2 Å². The predicted octanol–water partition coefficient (Wildman–Crippen LogP) is 2.16. The van der Waals surface area contributed by atoms with Crippen LogP contribution in [0, 0.1) is 5.92 Å². The van der Waals surface area contributed by atoms with Gasteiger partial charge in [-0.3, -0.25) is 0 Å². The fraction of sp³-hybridized carbons (Fsp3) is 0.538. The maximum atomic E-state index is 5.74. The van der Waals surface area contributed by atoms with E-state index < -0.39 is 0 Å². The molecule has 16 heavy (non-hydrogen) atoms. The van der Waals surface area contributed by atoms with Gasteiger partial charge in [-0.05, 0) is 48.9 Å². The van der Waals surface area contributed by atoms with Crippen molar-refractivity contribution in [3.8, 4) is 11.5 Å². The van der Waals surface area contributed by atoms with Gasteiger partial charge in [0.25, 0.3) is 0 Å². The number of hydrogen-bond donors (Lipinski definition) is 1. The second kappa shape index (κ2) is 4.74. The first-order chi connectivity index (χ1) is 7.78. The summed E-state index contributed by atoms with van der Waals surface area (Å²) in [5.74, 6) is 2.92. The van der Waals surface area contributed by atoms with Crippen LogP contribution in [0.2, 0.25) is 0 Å². The Bertz CT molecular complexity index is 341. The highest BCUT2D eigenvalue weighted by atomic mass is 16.5. The minimum atomic E-state index is 0.578. The summed E-state index contributed by atoms with van der Waals surface area (Å²) in [5.41, 5.74) is 7.03. The summed E-state index contributed by atoms with van der Waals surface area (Å²) >= 11 is 0. The van der Waals surface area contributed by atoms with Crippen LogP contribution in [0.15, 0.2) is 18.2 Å². The van der Waals surface area contributed by atoms with Crippen molar-refractivity contribution in [2.45, 2.75) is 18.8 Å². The van der Waals surface area contributed by atoms with Crippen LogP contribution in [0.1, 0.15) is 24.3 Å². The van der Waals surface area contributed by atoms with Crippen molar-refractivity contribution in [2.24, 2.45) is 11.7 Å². The highest BCUT2D eigenvalue weighted by Crippen LogP contribution is 2.43. The molecule has 0 aliphatic heterocycles. The van der Waals surface area contributed by atoms with Gasteiger partial charge in [0.1, 0.15) is 11.5 Å².